The van der Waals surface area contributed by atoms with Crippen molar-refractivity contribution in [3.05, 3.63) is 42.2 Å². The van der Waals surface area contributed by atoms with Gasteiger partial charge in [0.25, 0.3) is 0 Å². The number of aromatic carboxylic acids is 1. The van der Waals surface area contributed by atoms with Crippen LogP contribution in [0.3, 0.4) is 0 Å². The Morgan fingerprint density at radius 1 is 1.50 bits per heavy atom. The van der Waals surface area contributed by atoms with Crippen LogP contribution in [0.1, 0.15) is 10.4 Å². The number of hydrogen-bond acceptors (Lipinski definition) is 4. The van der Waals surface area contributed by atoms with Crippen molar-refractivity contribution in [1.29, 1.82) is 0 Å². The zero-order valence-electron chi connectivity index (χ0n) is 10.0. The molecule has 0 amide bonds. The first-order chi connectivity index (χ1) is 8.66. The van der Waals surface area contributed by atoms with Crippen LogP contribution in [0.15, 0.2) is 36.7 Å². The number of likely N-dealkylation sites (N-methyl/N-ethyl adjacent to an activating group) is 1. The maximum Gasteiger partial charge on any atom is 0.335 e. The monoisotopic (exact) mass is 246 g/mol. The molecule has 18 heavy (non-hydrogen) atoms. The Morgan fingerprint density at radius 2 is 2.33 bits per heavy atom. The van der Waals surface area contributed by atoms with Crippen LogP contribution in [-0.4, -0.2) is 39.7 Å². The zero-order valence-corrected chi connectivity index (χ0v) is 10.0. The second-order valence-corrected chi connectivity index (χ2v) is 3.94. The highest BCUT2D eigenvalue weighted by Crippen LogP contribution is 2.14. The highest BCUT2D eigenvalue weighted by molar-refractivity contribution is 5.88. The molecule has 0 bridgehead atoms. The number of carbonyl (C=O) groups is 1. The molecule has 2 rings (SSSR count). The average molecular weight is 246 g/mol. The Kier molecular flexibility index (Phi) is 3.57. The van der Waals surface area contributed by atoms with Crippen molar-refractivity contribution < 1.29 is 9.90 Å². The van der Waals surface area contributed by atoms with Gasteiger partial charge in [-0.05, 0) is 18.2 Å². The lowest BCUT2D eigenvalue weighted by Gasteiger charge is -2.19. The van der Waals surface area contributed by atoms with Gasteiger partial charge in [-0.1, -0.05) is 11.3 Å². The summed E-state index contributed by atoms with van der Waals surface area (Å²) < 4.78 is 1.73. The average Bonchev–Trinajstić information content (AvgIpc) is 2.89. The van der Waals surface area contributed by atoms with Crippen molar-refractivity contribution in [2.45, 2.75) is 6.54 Å². The molecule has 94 valence electrons. The van der Waals surface area contributed by atoms with Gasteiger partial charge in [0, 0.05) is 25.5 Å². The molecule has 0 unspecified atom stereocenters. The van der Waals surface area contributed by atoms with Gasteiger partial charge >= 0.3 is 5.97 Å². The first-order valence-electron chi connectivity index (χ1n) is 5.55. The molecule has 6 heteroatoms. The summed E-state index contributed by atoms with van der Waals surface area (Å²) in [6.45, 7) is 1.43. The van der Waals surface area contributed by atoms with E-state index >= 15 is 0 Å². The number of benzene rings is 1. The molecule has 1 aromatic heterocycles. The molecule has 0 saturated carbocycles. The molecule has 0 saturated heterocycles. The van der Waals surface area contributed by atoms with Gasteiger partial charge in [0.2, 0.25) is 0 Å². The van der Waals surface area contributed by atoms with E-state index in [0.717, 1.165) is 12.2 Å². The predicted octanol–water partition coefficient (Wildman–Crippen LogP) is 1.11. The summed E-state index contributed by atoms with van der Waals surface area (Å²) in [6, 6.07) is 6.86. The Hall–Kier alpha value is -2.37. The zero-order chi connectivity index (χ0) is 13.0. The maximum absolute atomic E-state index is 10.9. The van der Waals surface area contributed by atoms with Gasteiger partial charge < -0.3 is 10.0 Å². The number of carboxylic acid groups (broad SMARTS) is 1. The van der Waals surface area contributed by atoms with E-state index in [-0.39, 0.29) is 0 Å². The minimum Gasteiger partial charge on any atom is -0.478 e. The van der Waals surface area contributed by atoms with Crippen molar-refractivity contribution in [3.8, 4) is 0 Å². The van der Waals surface area contributed by atoms with Gasteiger partial charge in [-0.3, -0.25) is 4.68 Å². The molecular weight excluding hydrogens is 232 g/mol. The summed E-state index contributed by atoms with van der Waals surface area (Å²) in [4.78, 5) is 12.9. The Bertz CT molecular complexity index is 525. The fraction of sp³-hybridized carbons (Fsp3) is 0.250. The van der Waals surface area contributed by atoms with Crippen molar-refractivity contribution >= 4 is 11.7 Å². The molecule has 0 spiro atoms. The Labute approximate surface area is 104 Å². The van der Waals surface area contributed by atoms with Crippen molar-refractivity contribution in [2.75, 3.05) is 18.5 Å². The normalized spacial score (nSPS) is 10.3. The summed E-state index contributed by atoms with van der Waals surface area (Å²) in [6.07, 6.45) is 3.42. The van der Waals surface area contributed by atoms with Gasteiger partial charge in [0.05, 0.1) is 18.3 Å². The molecular formula is C12H14N4O2. The van der Waals surface area contributed by atoms with E-state index in [1.54, 1.807) is 35.3 Å². The molecule has 0 aliphatic rings. The lowest BCUT2D eigenvalue weighted by molar-refractivity contribution is 0.0697. The van der Waals surface area contributed by atoms with Gasteiger partial charge in [0.15, 0.2) is 0 Å². The van der Waals surface area contributed by atoms with Crippen molar-refractivity contribution in [2.24, 2.45) is 0 Å². The maximum atomic E-state index is 10.9. The number of carboxylic acids is 1. The number of hydrogen-bond donors (Lipinski definition) is 1. The minimum absolute atomic E-state index is 0.292. The Morgan fingerprint density at radius 3 is 3.00 bits per heavy atom. The second-order valence-electron chi connectivity index (χ2n) is 3.94. The van der Waals surface area contributed by atoms with Gasteiger partial charge in [-0.25, -0.2) is 4.79 Å². The van der Waals surface area contributed by atoms with Crippen LogP contribution < -0.4 is 4.90 Å². The largest absolute Gasteiger partial charge is 0.478 e. The van der Waals surface area contributed by atoms with E-state index < -0.39 is 5.97 Å². The van der Waals surface area contributed by atoms with Crippen LogP contribution in [-0.2, 0) is 6.54 Å². The SMILES string of the molecule is CN(CCn1ccnn1)c1cccc(C(=O)O)c1. The van der Waals surface area contributed by atoms with Gasteiger partial charge in [-0.15, -0.1) is 5.10 Å². The summed E-state index contributed by atoms with van der Waals surface area (Å²) in [7, 11) is 1.91. The van der Waals surface area contributed by atoms with E-state index in [1.807, 2.05) is 18.0 Å². The predicted molar refractivity (Wildman–Crippen MR) is 66.7 cm³/mol. The third-order valence-corrected chi connectivity index (χ3v) is 2.67. The Balaban J connectivity index is 2.02. The lowest BCUT2D eigenvalue weighted by Crippen LogP contribution is -2.23. The standard InChI is InChI=1S/C12H14N4O2/c1-15(7-8-16-6-5-13-14-16)11-4-2-3-10(9-11)12(17)18/h2-6,9H,7-8H2,1H3,(H,17,18). The van der Waals surface area contributed by atoms with E-state index in [9.17, 15) is 4.79 Å². The first-order valence-corrected chi connectivity index (χ1v) is 5.55. The van der Waals surface area contributed by atoms with Crippen molar-refractivity contribution in [1.82, 2.24) is 15.0 Å². The first kappa shape index (κ1) is 12.1. The highest BCUT2D eigenvalue weighted by atomic mass is 16.4. The van der Waals surface area contributed by atoms with Crippen LogP contribution in [0.4, 0.5) is 5.69 Å². The van der Waals surface area contributed by atoms with E-state index in [2.05, 4.69) is 10.3 Å². The minimum atomic E-state index is -0.915. The van der Waals surface area contributed by atoms with E-state index in [4.69, 9.17) is 5.11 Å². The van der Waals surface area contributed by atoms with E-state index in [0.29, 0.717) is 12.1 Å². The van der Waals surface area contributed by atoms with Crippen molar-refractivity contribution in [3.63, 3.8) is 0 Å². The second kappa shape index (κ2) is 5.31. The van der Waals surface area contributed by atoms with Crippen LogP contribution in [0.2, 0.25) is 0 Å². The summed E-state index contributed by atoms with van der Waals surface area (Å²) in [5.74, 6) is -0.915. The topological polar surface area (TPSA) is 71.2 Å². The number of aromatic nitrogens is 3. The summed E-state index contributed by atoms with van der Waals surface area (Å²) in [5, 5.41) is 16.5. The van der Waals surface area contributed by atoms with Gasteiger partial charge in [0.1, 0.15) is 0 Å². The number of anilines is 1. The number of rotatable bonds is 5. The molecule has 0 radical (unpaired) electrons. The summed E-state index contributed by atoms with van der Waals surface area (Å²) in [5.41, 5.74) is 1.16. The molecule has 0 fully saturated rings. The fourth-order valence-corrected chi connectivity index (χ4v) is 1.61. The molecule has 0 aliphatic heterocycles. The molecule has 6 nitrogen and oxygen atoms in total. The molecule has 1 heterocycles. The van der Waals surface area contributed by atoms with Crippen LogP contribution in [0.25, 0.3) is 0 Å². The fourth-order valence-electron chi connectivity index (χ4n) is 1.61. The van der Waals surface area contributed by atoms with Crippen LogP contribution >= 0.6 is 0 Å². The highest BCUT2D eigenvalue weighted by Gasteiger charge is 2.06. The molecule has 0 atom stereocenters. The number of nitrogens with zero attached hydrogens (tertiary/aromatic N) is 4. The molecule has 0 aliphatic carbocycles. The smallest absolute Gasteiger partial charge is 0.335 e. The van der Waals surface area contributed by atoms with Gasteiger partial charge in [-0.2, -0.15) is 0 Å². The van der Waals surface area contributed by atoms with Crippen LogP contribution in [0.5, 0.6) is 0 Å². The third kappa shape index (κ3) is 2.85. The van der Waals surface area contributed by atoms with Crippen LogP contribution in [0, 0.1) is 0 Å². The third-order valence-electron chi connectivity index (χ3n) is 2.67. The quantitative estimate of drug-likeness (QED) is 0.855. The van der Waals surface area contributed by atoms with E-state index in [1.165, 1.54) is 0 Å². The lowest BCUT2D eigenvalue weighted by atomic mass is 10.2. The molecule has 1 aromatic carbocycles. The molecule has 1 N–H and O–H groups in total. The summed E-state index contributed by atoms with van der Waals surface area (Å²) >= 11 is 0. The molecule has 2 aromatic rings.